The van der Waals surface area contributed by atoms with Crippen molar-refractivity contribution in [3.63, 3.8) is 0 Å². The van der Waals surface area contributed by atoms with E-state index in [2.05, 4.69) is 95.5 Å². The molecule has 6 atom stereocenters. The van der Waals surface area contributed by atoms with E-state index in [1.54, 1.807) is 0 Å². The van der Waals surface area contributed by atoms with Crippen LogP contribution in [0.1, 0.15) is 152 Å². The van der Waals surface area contributed by atoms with Gasteiger partial charge in [0.1, 0.15) is 64.1 Å². The minimum absolute atomic E-state index is 0.281. The van der Waals surface area contributed by atoms with Crippen molar-refractivity contribution in [1.29, 1.82) is 0 Å². The van der Waals surface area contributed by atoms with Gasteiger partial charge in [0.2, 0.25) is 0 Å². The van der Waals surface area contributed by atoms with Gasteiger partial charge in [-0.1, -0.05) is 80.1 Å². The molecular weight excluding hydrogens is 709 g/mol. The fourth-order valence-corrected chi connectivity index (χ4v) is 9.17. The molecule has 0 fully saturated rings. The van der Waals surface area contributed by atoms with E-state index in [1.807, 2.05) is 0 Å². The Labute approximate surface area is 357 Å². The van der Waals surface area contributed by atoms with E-state index >= 15 is 0 Å². The van der Waals surface area contributed by atoms with Crippen LogP contribution in [-0.2, 0) is 0 Å². The van der Waals surface area contributed by atoms with Crippen LogP contribution < -0.4 is 9.80 Å². The highest BCUT2D eigenvalue weighted by Crippen LogP contribution is 2.25. The van der Waals surface area contributed by atoms with E-state index < -0.39 is 6.10 Å². The van der Waals surface area contributed by atoms with Crippen molar-refractivity contribution >= 4 is 0 Å². The zero-order chi connectivity index (χ0) is 43.3. The molecule has 9 nitrogen and oxygen atoms in total. The Morgan fingerprint density at radius 1 is 0.474 bits per heavy atom. The fourth-order valence-electron chi connectivity index (χ4n) is 9.17. The molecule has 0 saturated heterocycles. The van der Waals surface area contributed by atoms with Crippen molar-refractivity contribution in [1.82, 2.24) is 4.90 Å². The largest absolute Gasteiger partial charge is 0.387 e. The summed E-state index contributed by atoms with van der Waals surface area (Å²) < 4.78 is 2.95. The molecule has 6 unspecified atom stereocenters. The summed E-state index contributed by atoms with van der Waals surface area (Å²) in [6.07, 6.45) is 16.8. The molecule has 9 heteroatoms. The van der Waals surface area contributed by atoms with Crippen LogP contribution in [0.4, 0.5) is 0 Å². The molecule has 0 aliphatic carbocycles. The summed E-state index contributed by atoms with van der Waals surface area (Å²) in [5.74, 6) is 0.641. The van der Waals surface area contributed by atoms with Crippen LogP contribution in [-0.4, -0.2) is 191 Å². The highest BCUT2D eigenvalue weighted by atomic mass is 16.3. The van der Waals surface area contributed by atoms with E-state index in [-0.39, 0.29) is 12.2 Å². The summed E-state index contributed by atoms with van der Waals surface area (Å²) in [7, 11) is 10.9. The number of aliphatic hydroxyl groups is 3. The lowest BCUT2D eigenvalue weighted by molar-refractivity contribution is -1.01. The van der Waals surface area contributed by atoms with Crippen LogP contribution in [0.3, 0.4) is 0 Å². The first-order valence-corrected chi connectivity index (χ1v) is 24.8. The first-order chi connectivity index (χ1) is 26.9. The predicted molar refractivity (Wildman–Crippen MR) is 247 cm³/mol. The number of rotatable bonds is 40. The van der Waals surface area contributed by atoms with Gasteiger partial charge in [0, 0.05) is 19.4 Å². The van der Waals surface area contributed by atoms with Gasteiger partial charge in [0.05, 0.1) is 73.5 Å². The summed E-state index contributed by atoms with van der Waals surface area (Å²) >= 11 is 0. The van der Waals surface area contributed by atoms with Gasteiger partial charge in [0.25, 0.3) is 0 Å². The maximum atomic E-state index is 11.8. The topological polar surface area (TPSA) is 72.8 Å². The molecule has 0 aromatic carbocycles. The van der Waals surface area contributed by atoms with E-state index in [9.17, 15) is 15.3 Å². The zero-order valence-electron chi connectivity index (χ0n) is 41.2. The van der Waals surface area contributed by atoms with E-state index in [0.29, 0.717) is 25.0 Å². The molecule has 0 amide bonds. The lowest BCUT2D eigenvalue weighted by atomic mass is 10.0. The van der Waals surface area contributed by atoms with Crippen molar-refractivity contribution < 1.29 is 38.6 Å². The molecular formula is C48H109N6O3+5. The van der Waals surface area contributed by atoms with Gasteiger partial charge in [-0.25, -0.2) is 0 Å². The van der Waals surface area contributed by atoms with Crippen LogP contribution in [0.5, 0.6) is 0 Å². The number of hydrogen-bond donors (Lipinski definition) is 5. The van der Waals surface area contributed by atoms with Crippen LogP contribution in [0.15, 0.2) is 0 Å². The molecule has 0 aromatic heterocycles. The molecule has 0 saturated carbocycles. The molecule has 0 aliphatic rings. The monoisotopic (exact) mass is 818 g/mol. The molecule has 0 aromatic rings. The minimum atomic E-state index is -0.422. The standard InChI is InChI=1S/C48H107N6O3/c1-14-18-21-24-32-52(35-29-44(5)6,38-39-54(45(7)8,34-26-23-20-16-3)43-47(56)28-31-50(11)12)36-37-53(33-25-22-19-15-2,41-46(55)27-30-49(9)10)42-48(57)40-51(13)17-4/h44-48,55-57H,14-43H2,1-13H3/q+3/p+2. The van der Waals surface area contributed by atoms with Crippen molar-refractivity contribution in [3.8, 4) is 0 Å². The van der Waals surface area contributed by atoms with Crippen LogP contribution in [0, 0.1) is 5.92 Å². The van der Waals surface area contributed by atoms with Crippen LogP contribution in [0.25, 0.3) is 0 Å². The molecule has 57 heavy (non-hydrogen) atoms. The summed E-state index contributed by atoms with van der Waals surface area (Å²) in [6, 6.07) is 0.452. The van der Waals surface area contributed by atoms with Gasteiger partial charge in [-0.3, -0.25) is 0 Å². The Morgan fingerprint density at radius 3 is 1.37 bits per heavy atom. The van der Waals surface area contributed by atoms with Gasteiger partial charge in [-0.2, -0.15) is 0 Å². The number of unbranched alkanes of at least 4 members (excludes halogenated alkanes) is 9. The summed E-state index contributed by atoms with van der Waals surface area (Å²) in [5.41, 5.74) is 0. The maximum Gasteiger partial charge on any atom is 0.129 e. The van der Waals surface area contributed by atoms with Crippen molar-refractivity contribution in [3.05, 3.63) is 0 Å². The van der Waals surface area contributed by atoms with Gasteiger partial charge in [-0.15, -0.1) is 0 Å². The fraction of sp³-hybridized carbons (Fsp3) is 1.00. The Kier molecular flexibility index (Phi) is 32.2. The Morgan fingerprint density at radius 2 is 0.912 bits per heavy atom. The van der Waals surface area contributed by atoms with Crippen molar-refractivity contribution in [2.45, 2.75) is 176 Å². The van der Waals surface area contributed by atoms with Crippen molar-refractivity contribution in [2.24, 2.45) is 5.92 Å². The number of quaternary nitrogens is 5. The molecule has 0 aliphatic heterocycles. The zero-order valence-corrected chi connectivity index (χ0v) is 41.2. The van der Waals surface area contributed by atoms with Crippen LogP contribution >= 0.6 is 0 Å². The Hall–Kier alpha value is -0.360. The van der Waals surface area contributed by atoms with E-state index in [0.717, 1.165) is 105 Å². The molecule has 344 valence electrons. The molecule has 0 rings (SSSR count). The average Bonchev–Trinajstić information content (AvgIpc) is 3.15. The van der Waals surface area contributed by atoms with E-state index in [4.69, 9.17) is 0 Å². The normalized spacial score (nSPS) is 17.4. The average molecular weight is 818 g/mol. The second-order valence-corrected chi connectivity index (χ2v) is 20.5. The third kappa shape index (κ3) is 26.6. The number of hydrogen-bond acceptors (Lipinski definition) is 4. The smallest absolute Gasteiger partial charge is 0.129 e. The molecule has 0 spiro atoms. The number of aliphatic hydroxyl groups excluding tert-OH is 3. The molecule has 0 heterocycles. The molecule has 5 N–H and O–H groups in total. The quantitative estimate of drug-likeness (QED) is 0.0459. The van der Waals surface area contributed by atoms with Gasteiger partial charge in [0.15, 0.2) is 0 Å². The van der Waals surface area contributed by atoms with Gasteiger partial charge < -0.3 is 43.5 Å². The third-order valence-corrected chi connectivity index (χ3v) is 13.6. The number of likely N-dealkylation sites (N-methyl/N-ethyl adjacent to an activating group) is 1. The Balaban J connectivity index is 7.24. The number of nitrogens with one attached hydrogen (secondary N) is 2. The maximum absolute atomic E-state index is 11.8. The van der Waals surface area contributed by atoms with Crippen molar-refractivity contribution in [2.75, 3.05) is 133 Å². The SMILES string of the molecule is CCCCCC[N+](CCC(C)C)(CC[N+](CCCCCC)(CC(O)CC[NH+](C)C)CC(O)CN(C)CC)CC[N+](CCCCCC)(CC(O)CC[NH+](C)C)C(C)C. The molecule has 0 bridgehead atoms. The Bertz CT molecular complexity index is 925. The highest BCUT2D eigenvalue weighted by molar-refractivity contribution is 4.67. The van der Waals surface area contributed by atoms with E-state index in [1.165, 1.54) is 99.9 Å². The first-order valence-electron chi connectivity index (χ1n) is 24.8. The van der Waals surface area contributed by atoms with Crippen LogP contribution in [0.2, 0.25) is 0 Å². The first kappa shape index (κ1) is 56.6. The summed E-state index contributed by atoms with van der Waals surface area (Å²) in [5, 5.41) is 35.2. The van der Waals surface area contributed by atoms with Gasteiger partial charge >= 0.3 is 0 Å². The molecule has 0 radical (unpaired) electrons. The number of nitrogens with zero attached hydrogens (tertiary/aromatic N) is 4. The minimum Gasteiger partial charge on any atom is -0.387 e. The summed E-state index contributed by atoms with van der Waals surface area (Å²) in [4.78, 5) is 5.04. The second-order valence-electron chi connectivity index (χ2n) is 20.5. The lowest BCUT2D eigenvalue weighted by Crippen LogP contribution is -3.05. The lowest BCUT2D eigenvalue weighted by Gasteiger charge is -2.49. The second kappa shape index (κ2) is 32.4. The predicted octanol–water partition coefficient (Wildman–Crippen LogP) is 4.74. The van der Waals surface area contributed by atoms with Gasteiger partial charge in [-0.05, 0) is 78.3 Å². The third-order valence-electron chi connectivity index (χ3n) is 13.6. The highest BCUT2D eigenvalue weighted by Gasteiger charge is 2.41. The summed E-state index contributed by atoms with van der Waals surface area (Å²) in [6.45, 7) is 33.5.